The van der Waals surface area contributed by atoms with Crippen LogP contribution in [-0.4, -0.2) is 17.0 Å². The minimum atomic E-state index is -0.138. The second kappa shape index (κ2) is 5.06. The predicted octanol–water partition coefficient (Wildman–Crippen LogP) is 3.38. The van der Waals surface area contributed by atoms with Gasteiger partial charge >= 0.3 is 0 Å². The molecule has 86 valence electrons. The van der Waals surface area contributed by atoms with Crippen molar-refractivity contribution in [2.75, 3.05) is 7.11 Å². The zero-order chi connectivity index (χ0) is 11.5. The van der Waals surface area contributed by atoms with Crippen LogP contribution in [0.4, 0.5) is 0 Å². The first kappa shape index (κ1) is 12.6. The molecule has 0 aliphatic carbocycles. The van der Waals surface area contributed by atoms with E-state index >= 15 is 0 Å². The number of rotatable bonds is 5. The Balaban J connectivity index is 2.66. The molecular weight excluding hydrogens is 208 g/mol. The first-order valence-electron chi connectivity index (χ1n) is 5.51. The standard InChI is InChI=1S/C12H20O2S/c1-5-6-9(2)8-12(3)10(14-4)7-11(13)15-12/h7,9H,5-6,8H2,1-4H3/t9?,12-/m1/s1. The van der Waals surface area contributed by atoms with E-state index < -0.39 is 0 Å². The summed E-state index contributed by atoms with van der Waals surface area (Å²) in [4.78, 5) is 11.4. The van der Waals surface area contributed by atoms with E-state index in [2.05, 4.69) is 20.8 Å². The van der Waals surface area contributed by atoms with E-state index in [1.165, 1.54) is 24.6 Å². The molecule has 0 spiro atoms. The third-order valence-electron chi connectivity index (χ3n) is 2.84. The highest BCUT2D eigenvalue weighted by Gasteiger charge is 2.39. The van der Waals surface area contributed by atoms with E-state index in [-0.39, 0.29) is 9.86 Å². The van der Waals surface area contributed by atoms with Gasteiger partial charge in [0.1, 0.15) is 5.76 Å². The topological polar surface area (TPSA) is 26.3 Å². The average Bonchev–Trinajstić information content (AvgIpc) is 2.40. The van der Waals surface area contributed by atoms with Crippen molar-refractivity contribution in [3.05, 3.63) is 11.8 Å². The summed E-state index contributed by atoms with van der Waals surface area (Å²) in [6.07, 6.45) is 5.05. The number of carbonyl (C=O) groups excluding carboxylic acids is 1. The molecular formula is C12H20O2S. The van der Waals surface area contributed by atoms with Gasteiger partial charge in [-0.15, -0.1) is 0 Å². The van der Waals surface area contributed by atoms with Gasteiger partial charge in [-0.3, -0.25) is 4.79 Å². The second-order valence-electron chi connectivity index (χ2n) is 4.46. The maximum absolute atomic E-state index is 11.4. The van der Waals surface area contributed by atoms with Gasteiger partial charge in [0.15, 0.2) is 0 Å². The molecule has 0 N–H and O–H groups in total. The molecule has 2 nitrogen and oxygen atoms in total. The number of methoxy groups -OCH3 is 1. The summed E-state index contributed by atoms with van der Waals surface area (Å²) in [6.45, 7) is 6.54. The van der Waals surface area contributed by atoms with Crippen LogP contribution in [-0.2, 0) is 9.53 Å². The lowest BCUT2D eigenvalue weighted by atomic mass is 9.92. The van der Waals surface area contributed by atoms with E-state index in [0.717, 1.165) is 12.2 Å². The molecule has 1 aliphatic rings. The van der Waals surface area contributed by atoms with Crippen LogP contribution in [0.25, 0.3) is 0 Å². The minimum Gasteiger partial charge on any atom is -0.499 e. The highest BCUT2D eigenvalue weighted by Crippen LogP contribution is 2.44. The Kier molecular flexibility index (Phi) is 4.26. The van der Waals surface area contributed by atoms with Crippen LogP contribution in [0.15, 0.2) is 11.8 Å². The van der Waals surface area contributed by atoms with Gasteiger partial charge in [-0.1, -0.05) is 38.5 Å². The summed E-state index contributed by atoms with van der Waals surface area (Å²) < 4.78 is 5.16. The second-order valence-corrected chi connectivity index (χ2v) is 5.97. The van der Waals surface area contributed by atoms with Gasteiger partial charge in [-0.05, 0) is 19.3 Å². The van der Waals surface area contributed by atoms with Crippen LogP contribution in [0, 0.1) is 5.92 Å². The van der Waals surface area contributed by atoms with Crippen molar-refractivity contribution in [2.45, 2.75) is 44.8 Å². The van der Waals surface area contributed by atoms with Crippen LogP contribution in [0.3, 0.4) is 0 Å². The first-order chi connectivity index (χ1) is 7.01. The predicted molar refractivity (Wildman–Crippen MR) is 64.8 cm³/mol. The van der Waals surface area contributed by atoms with Crippen LogP contribution in [0.2, 0.25) is 0 Å². The number of carbonyl (C=O) groups is 1. The van der Waals surface area contributed by atoms with Crippen LogP contribution in [0.1, 0.15) is 40.0 Å². The molecule has 0 amide bonds. The largest absolute Gasteiger partial charge is 0.499 e. The molecule has 2 atom stereocenters. The first-order valence-corrected chi connectivity index (χ1v) is 6.32. The van der Waals surface area contributed by atoms with E-state index in [1.54, 1.807) is 13.2 Å². The maximum Gasteiger partial charge on any atom is 0.216 e. The Bertz CT molecular complexity index is 273. The molecule has 0 radical (unpaired) electrons. The molecule has 1 aliphatic heterocycles. The Morgan fingerprint density at radius 2 is 2.27 bits per heavy atom. The molecule has 0 fully saturated rings. The van der Waals surface area contributed by atoms with Crippen LogP contribution in [0.5, 0.6) is 0 Å². The molecule has 0 bridgehead atoms. The normalized spacial score (nSPS) is 27.7. The summed E-state index contributed by atoms with van der Waals surface area (Å²) in [5, 5.41) is 0.123. The quantitative estimate of drug-likeness (QED) is 0.721. The lowest BCUT2D eigenvalue weighted by molar-refractivity contribution is -0.107. The SMILES string of the molecule is CCCC(C)C[C@@]1(C)SC(=O)C=C1OC. The molecule has 0 saturated carbocycles. The highest BCUT2D eigenvalue weighted by molar-refractivity contribution is 8.15. The van der Waals surface area contributed by atoms with E-state index in [1.807, 2.05) is 0 Å². The van der Waals surface area contributed by atoms with Crippen molar-refractivity contribution < 1.29 is 9.53 Å². The zero-order valence-corrected chi connectivity index (χ0v) is 10.8. The summed E-state index contributed by atoms with van der Waals surface area (Å²) in [5.41, 5.74) is 0. The Labute approximate surface area is 96.5 Å². The van der Waals surface area contributed by atoms with Crippen molar-refractivity contribution in [1.29, 1.82) is 0 Å². The van der Waals surface area contributed by atoms with Crippen molar-refractivity contribution >= 4 is 16.9 Å². The smallest absolute Gasteiger partial charge is 0.216 e. The fourth-order valence-electron chi connectivity index (χ4n) is 2.24. The average molecular weight is 228 g/mol. The third kappa shape index (κ3) is 3.00. The Hall–Kier alpha value is -0.440. The highest BCUT2D eigenvalue weighted by atomic mass is 32.2. The third-order valence-corrected chi connectivity index (χ3v) is 3.97. The van der Waals surface area contributed by atoms with Crippen molar-refractivity contribution in [1.82, 2.24) is 0 Å². The molecule has 0 aromatic rings. The maximum atomic E-state index is 11.4. The molecule has 0 aromatic carbocycles. The van der Waals surface area contributed by atoms with Gasteiger partial charge < -0.3 is 4.74 Å². The van der Waals surface area contributed by atoms with Gasteiger partial charge in [-0.25, -0.2) is 0 Å². The van der Waals surface area contributed by atoms with Gasteiger partial charge in [-0.2, -0.15) is 0 Å². The summed E-state index contributed by atoms with van der Waals surface area (Å²) in [6, 6.07) is 0. The summed E-state index contributed by atoms with van der Waals surface area (Å²) >= 11 is 1.40. The molecule has 0 aromatic heterocycles. The molecule has 1 unspecified atom stereocenters. The van der Waals surface area contributed by atoms with Gasteiger partial charge in [0.2, 0.25) is 5.12 Å². The minimum absolute atomic E-state index is 0.123. The number of ether oxygens (including phenoxy) is 1. The van der Waals surface area contributed by atoms with E-state index in [9.17, 15) is 4.79 Å². The van der Waals surface area contributed by atoms with Crippen molar-refractivity contribution in [3.8, 4) is 0 Å². The van der Waals surface area contributed by atoms with E-state index in [4.69, 9.17) is 4.74 Å². The fraction of sp³-hybridized carbons (Fsp3) is 0.750. The molecule has 1 rings (SSSR count). The summed E-state index contributed by atoms with van der Waals surface area (Å²) in [7, 11) is 1.65. The van der Waals surface area contributed by atoms with E-state index in [0.29, 0.717) is 5.92 Å². The molecule has 1 heterocycles. The summed E-state index contributed by atoms with van der Waals surface area (Å²) in [5.74, 6) is 1.47. The lowest BCUT2D eigenvalue weighted by Crippen LogP contribution is -2.24. The van der Waals surface area contributed by atoms with Crippen molar-refractivity contribution in [2.24, 2.45) is 5.92 Å². The molecule has 0 saturated heterocycles. The van der Waals surface area contributed by atoms with Gasteiger partial charge in [0, 0.05) is 6.08 Å². The lowest BCUT2D eigenvalue weighted by Gasteiger charge is -2.28. The molecule has 3 heteroatoms. The van der Waals surface area contributed by atoms with Gasteiger partial charge in [0.05, 0.1) is 11.9 Å². The number of thioether (sulfide) groups is 1. The van der Waals surface area contributed by atoms with Crippen molar-refractivity contribution in [3.63, 3.8) is 0 Å². The van der Waals surface area contributed by atoms with Gasteiger partial charge in [0.25, 0.3) is 0 Å². The van der Waals surface area contributed by atoms with Crippen LogP contribution < -0.4 is 0 Å². The number of hydrogen-bond donors (Lipinski definition) is 0. The Morgan fingerprint density at radius 3 is 2.80 bits per heavy atom. The van der Waals surface area contributed by atoms with Crippen LogP contribution >= 0.6 is 11.8 Å². The fourth-order valence-corrected chi connectivity index (χ4v) is 3.46. The zero-order valence-electron chi connectivity index (χ0n) is 10.0. The number of hydrogen-bond acceptors (Lipinski definition) is 3. The monoisotopic (exact) mass is 228 g/mol. The molecule has 15 heavy (non-hydrogen) atoms. The Morgan fingerprint density at radius 1 is 1.60 bits per heavy atom.